The molecule has 0 radical (unpaired) electrons. The van der Waals surface area contributed by atoms with Gasteiger partial charge >= 0.3 is 5.97 Å². The van der Waals surface area contributed by atoms with Gasteiger partial charge in [-0.3, -0.25) is 9.59 Å². The smallest absolute Gasteiger partial charge is 0.344 e. The van der Waals surface area contributed by atoms with Crippen molar-refractivity contribution >= 4 is 52.8 Å². The van der Waals surface area contributed by atoms with Crippen LogP contribution in [0.25, 0.3) is 11.8 Å². The predicted molar refractivity (Wildman–Crippen MR) is 136 cm³/mol. The monoisotopic (exact) mass is 517 g/mol. The summed E-state index contributed by atoms with van der Waals surface area (Å²) in [5, 5.41) is 12.0. The molecule has 9 heteroatoms. The minimum Gasteiger partial charge on any atom is -0.493 e. The highest BCUT2D eigenvalue weighted by molar-refractivity contribution is 7.99. The van der Waals surface area contributed by atoms with Gasteiger partial charge < -0.3 is 9.84 Å². The van der Waals surface area contributed by atoms with E-state index in [0.29, 0.717) is 21.4 Å². The van der Waals surface area contributed by atoms with E-state index in [1.54, 1.807) is 44.2 Å². The molecule has 176 valence electrons. The number of allylic oxidation sites excluding steroid dienone is 1. The Labute approximate surface area is 210 Å². The number of aromatic hydroxyl groups is 1. The van der Waals surface area contributed by atoms with Crippen LogP contribution in [0.3, 0.4) is 0 Å². The number of carbonyl (C=O) groups excluding carboxylic acids is 2. The van der Waals surface area contributed by atoms with Crippen molar-refractivity contribution in [3.05, 3.63) is 91.7 Å². The molecule has 2 aromatic carbocycles. The molecule has 1 N–H and O–H groups in total. The van der Waals surface area contributed by atoms with Crippen molar-refractivity contribution in [2.75, 3.05) is 12.4 Å². The Hall–Kier alpha value is -3.00. The molecular weight excluding hydrogens is 497 g/mol. The second-order valence-electron chi connectivity index (χ2n) is 6.92. The van der Waals surface area contributed by atoms with Crippen molar-refractivity contribution in [1.29, 1.82) is 0 Å². The summed E-state index contributed by atoms with van der Waals surface area (Å²) in [7, 11) is 0. The fourth-order valence-corrected chi connectivity index (χ4v) is 4.39. The Kier molecular flexibility index (Phi) is 8.61. The van der Waals surface area contributed by atoms with Crippen LogP contribution in [0.1, 0.15) is 40.1 Å². The predicted octanol–water partition coefficient (Wildman–Crippen LogP) is 6.03. The lowest BCUT2D eigenvalue weighted by Crippen LogP contribution is -2.29. The summed E-state index contributed by atoms with van der Waals surface area (Å²) in [5.74, 6) is -1.63. The Morgan fingerprint density at radius 2 is 1.59 bits per heavy atom. The number of nitrogens with zero attached hydrogens (tertiary/aromatic N) is 1. The van der Waals surface area contributed by atoms with Crippen LogP contribution in [0.15, 0.2) is 64.3 Å². The molecule has 0 fully saturated rings. The Morgan fingerprint density at radius 1 is 1.00 bits per heavy atom. The molecular formula is C25H21Cl2NO5S. The average molecular weight is 518 g/mol. The van der Waals surface area contributed by atoms with Gasteiger partial charge in [-0.05, 0) is 60.7 Å². The van der Waals surface area contributed by atoms with Crippen LogP contribution in [0.4, 0.5) is 0 Å². The summed E-state index contributed by atoms with van der Waals surface area (Å²) >= 11 is 13.0. The zero-order chi connectivity index (χ0) is 24.8. The molecule has 6 nitrogen and oxygen atoms in total. The van der Waals surface area contributed by atoms with Gasteiger partial charge in [0.2, 0.25) is 5.88 Å². The number of ketones is 1. The highest BCUT2D eigenvalue weighted by atomic mass is 35.5. The van der Waals surface area contributed by atoms with E-state index in [0.717, 1.165) is 16.3 Å². The third-order valence-corrected chi connectivity index (χ3v) is 6.19. The van der Waals surface area contributed by atoms with E-state index >= 15 is 0 Å². The molecule has 0 aliphatic carbocycles. The standard InChI is InChI=1S/C25H21Cl2NO5S/c1-3-33-25(32)21-22(34-4-2)20(19(29)14-7-15-5-8-16(26)9-6-15)23(30)28(24(21)31)18-12-10-17(27)11-13-18/h5-14,31H,3-4H2,1-2H3/b14-7+. The number of rotatable bonds is 8. The first kappa shape index (κ1) is 25.6. The minimum atomic E-state index is -0.839. The van der Waals surface area contributed by atoms with Crippen molar-refractivity contribution in [3.8, 4) is 11.6 Å². The molecule has 0 unspecified atom stereocenters. The first-order valence-corrected chi connectivity index (χ1v) is 12.1. The molecule has 0 amide bonds. The number of thioether (sulfide) groups is 1. The van der Waals surface area contributed by atoms with Crippen LogP contribution in [0.5, 0.6) is 5.88 Å². The van der Waals surface area contributed by atoms with Gasteiger partial charge in [0, 0.05) is 14.9 Å². The highest BCUT2D eigenvalue weighted by Gasteiger charge is 2.30. The van der Waals surface area contributed by atoms with E-state index in [-0.39, 0.29) is 28.3 Å². The molecule has 0 saturated carbocycles. The van der Waals surface area contributed by atoms with Crippen molar-refractivity contribution in [2.45, 2.75) is 18.7 Å². The molecule has 3 rings (SSSR count). The summed E-state index contributed by atoms with van der Waals surface area (Å²) < 4.78 is 6.04. The van der Waals surface area contributed by atoms with Crippen LogP contribution in [0.2, 0.25) is 10.0 Å². The Bertz CT molecular complexity index is 1300. The maximum atomic E-state index is 13.5. The summed E-state index contributed by atoms with van der Waals surface area (Å²) in [4.78, 5) is 39.7. The van der Waals surface area contributed by atoms with Gasteiger partial charge in [-0.25, -0.2) is 9.36 Å². The van der Waals surface area contributed by atoms with Crippen molar-refractivity contribution < 1.29 is 19.4 Å². The normalized spacial score (nSPS) is 11.1. The van der Waals surface area contributed by atoms with E-state index in [1.165, 1.54) is 30.3 Å². The van der Waals surface area contributed by atoms with Gasteiger partial charge in [0.15, 0.2) is 5.78 Å². The number of esters is 1. The van der Waals surface area contributed by atoms with E-state index < -0.39 is 23.2 Å². The maximum absolute atomic E-state index is 13.5. The molecule has 0 spiro atoms. The Morgan fingerprint density at radius 3 is 2.15 bits per heavy atom. The molecule has 0 aliphatic heterocycles. The van der Waals surface area contributed by atoms with Gasteiger partial charge in [-0.2, -0.15) is 0 Å². The Balaban J connectivity index is 2.28. The summed E-state index contributed by atoms with van der Waals surface area (Å²) in [6, 6.07) is 12.9. The van der Waals surface area contributed by atoms with Gasteiger partial charge in [-0.1, -0.05) is 48.3 Å². The topological polar surface area (TPSA) is 85.6 Å². The molecule has 1 heterocycles. The van der Waals surface area contributed by atoms with Crippen molar-refractivity contribution in [2.24, 2.45) is 0 Å². The summed E-state index contributed by atoms with van der Waals surface area (Å²) in [6.45, 7) is 3.48. The van der Waals surface area contributed by atoms with E-state index in [2.05, 4.69) is 0 Å². The third-order valence-electron chi connectivity index (χ3n) is 4.70. The number of aromatic nitrogens is 1. The lowest BCUT2D eigenvalue weighted by atomic mass is 10.1. The summed E-state index contributed by atoms with van der Waals surface area (Å²) in [5.41, 5.74) is -0.319. The van der Waals surface area contributed by atoms with E-state index in [9.17, 15) is 19.5 Å². The number of ether oxygens (including phenoxy) is 1. The molecule has 0 bridgehead atoms. The molecule has 3 aromatic rings. The first-order chi connectivity index (χ1) is 16.3. The van der Waals surface area contributed by atoms with Gasteiger partial charge in [-0.15, -0.1) is 11.8 Å². The second kappa shape index (κ2) is 11.4. The second-order valence-corrected chi connectivity index (χ2v) is 9.07. The van der Waals surface area contributed by atoms with Gasteiger partial charge in [0.05, 0.1) is 12.3 Å². The molecule has 1 aromatic heterocycles. The zero-order valence-electron chi connectivity index (χ0n) is 18.4. The van der Waals surface area contributed by atoms with Crippen LogP contribution < -0.4 is 5.56 Å². The van der Waals surface area contributed by atoms with E-state index in [1.807, 2.05) is 0 Å². The number of benzene rings is 2. The lowest BCUT2D eigenvalue weighted by Gasteiger charge is -2.18. The van der Waals surface area contributed by atoms with Crippen molar-refractivity contribution in [1.82, 2.24) is 4.57 Å². The average Bonchev–Trinajstić information content (AvgIpc) is 2.80. The van der Waals surface area contributed by atoms with Crippen molar-refractivity contribution in [3.63, 3.8) is 0 Å². The molecule has 0 aliphatic rings. The van der Waals surface area contributed by atoms with Crippen LogP contribution in [0, 0.1) is 0 Å². The van der Waals surface area contributed by atoms with Gasteiger partial charge in [0.1, 0.15) is 11.1 Å². The third kappa shape index (κ3) is 5.55. The number of hydrogen-bond donors (Lipinski definition) is 1. The minimum absolute atomic E-state index is 0.0499. The lowest BCUT2D eigenvalue weighted by molar-refractivity contribution is 0.0517. The fourth-order valence-electron chi connectivity index (χ4n) is 3.20. The molecule has 34 heavy (non-hydrogen) atoms. The number of carbonyl (C=O) groups is 2. The number of halogens is 2. The van der Waals surface area contributed by atoms with Crippen LogP contribution in [-0.4, -0.2) is 33.8 Å². The first-order valence-electron chi connectivity index (χ1n) is 10.3. The highest BCUT2D eigenvalue weighted by Crippen LogP contribution is 2.34. The quantitative estimate of drug-likeness (QED) is 0.170. The maximum Gasteiger partial charge on any atom is 0.344 e. The number of pyridine rings is 1. The fraction of sp³-hybridized carbons (Fsp3) is 0.160. The molecule has 0 atom stereocenters. The zero-order valence-corrected chi connectivity index (χ0v) is 20.7. The largest absolute Gasteiger partial charge is 0.493 e. The van der Waals surface area contributed by atoms with Crippen LogP contribution in [-0.2, 0) is 4.74 Å². The SMILES string of the molecule is CCOC(=O)c1c(SCC)c(C(=O)/C=C/c2ccc(Cl)cc2)c(=O)n(-c2ccc(Cl)cc2)c1O. The number of hydrogen-bond acceptors (Lipinski definition) is 6. The van der Waals surface area contributed by atoms with E-state index in [4.69, 9.17) is 27.9 Å². The van der Waals surface area contributed by atoms with Gasteiger partial charge in [0.25, 0.3) is 5.56 Å². The van der Waals surface area contributed by atoms with Crippen LogP contribution >= 0.6 is 35.0 Å². The molecule has 0 saturated heterocycles. The summed E-state index contributed by atoms with van der Waals surface area (Å²) in [6.07, 6.45) is 2.79.